The second kappa shape index (κ2) is 4.38. The van der Waals surface area contributed by atoms with E-state index in [4.69, 9.17) is 5.73 Å². The number of anilines is 1. The molecule has 0 aliphatic rings. The molecule has 2 rings (SSSR count). The lowest BCUT2D eigenvalue weighted by Crippen LogP contribution is -2.27. The van der Waals surface area contributed by atoms with E-state index in [9.17, 15) is 4.79 Å². The molecule has 1 amide bonds. The molecule has 2 aromatic heterocycles. The van der Waals surface area contributed by atoms with Gasteiger partial charge in [-0.05, 0) is 0 Å². The molecule has 0 saturated heterocycles. The van der Waals surface area contributed by atoms with Crippen molar-refractivity contribution < 1.29 is 4.79 Å². The van der Waals surface area contributed by atoms with Crippen molar-refractivity contribution in [1.82, 2.24) is 19.6 Å². The van der Waals surface area contributed by atoms with Gasteiger partial charge in [-0.15, -0.1) is 0 Å². The highest BCUT2D eigenvalue weighted by Crippen LogP contribution is 2.11. The van der Waals surface area contributed by atoms with Crippen LogP contribution in [0.1, 0.15) is 11.6 Å². The summed E-state index contributed by atoms with van der Waals surface area (Å²) in [4.78, 5) is 11.8. The van der Waals surface area contributed by atoms with Crippen LogP contribution in [0, 0.1) is 0 Å². The highest BCUT2D eigenvalue weighted by Gasteiger charge is 2.17. The van der Waals surface area contributed by atoms with Gasteiger partial charge in [0, 0.05) is 38.1 Å². The van der Waals surface area contributed by atoms with Crippen molar-refractivity contribution in [3.8, 4) is 0 Å². The summed E-state index contributed by atoms with van der Waals surface area (Å²) in [6, 6.07) is 0.958. The third-order valence-corrected chi connectivity index (χ3v) is 2.33. The van der Waals surface area contributed by atoms with Crippen LogP contribution in [0.25, 0.3) is 0 Å². The van der Waals surface area contributed by atoms with Gasteiger partial charge in [0.25, 0.3) is 0 Å². The van der Waals surface area contributed by atoms with E-state index in [1.165, 1.54) is 0 Å². The molecule has 7 heteroatoms. The van der Waals surface area contributed by atoms with Crippen LogP contribution in [-0.2, 0) is 18.9 Å². The summed E-state index contributed by atoms with van der Waals surface area (Å²) >= 11 is 0. The lowest BCUT2D eigenvalue weighted by Gasteiger charge is -2.08. The Bertz CT molecular complexity index is 528. The number of rotatable bonds is 3. The molecule has 0 radical (unpaired) electrons. The Kier molecular flexibility index (Phi) is 2.92. The maximum absolute atomic E-state index is 11.8. The van der Waals surface area contributed by atoms with Crippen LogP contribution in [0.15, 0.2) is 24.7 Å². The summed E-state index contributed by atoms with van der Waals surface area (Å²) in [5.41, 5.74) is 6.47. The Morgan fingerprint density at radius 1 is 1.47 bits per heavy atom. The van der Waals surface area contributed by atoms with Crippen LogP contribution >= 0.6 is 0 Å². The molecule has 3 N–H and O–H groups in total. The van der Waals surface area contributed by atoms with Crippen molar-refractivity contribution in [1.29, 1.82) is 0 Å². The molecule has 1 atom stereocenters. The van der Waals surface area contributed by atoms with Gasteiger partial charge in [0.1, 0.15) is 6.04 Å². The van der Waals surface area contributed by atoms with Gasteiger partial charge < -0.3 is 11.1 Å². The molecule has 17 heavy (non-hydrogen) atoms. The standard InChI is InChI=1S/C10H14N6O/c1-15-4-3-8(14-15)13-10(17)9(11)7-5-12-16(2)6-7/h3-6,9H,11H2,1-2H3,(H,13,14,17). The molecule has 0 aliphatic carbocycles. The minimum Gasteiger partial charge on any atom is -0.316 e. The molecule has 2 heterocycles. The molecule has 0 saturated carbocycles. The van der Waals surface area contributed by atoms with Crippen LogP contribution in [0.5, 0.6) is 0 Å². The molecule has 0 aliphatic heterocycles. The average molecular weight is 234 g/mol. The smallest absolute Gasteiger partial charge is 0.247 e. The van der Waals surface area contributed by atoms with Crippen molar-refractivity contribution in [2.75, 3.05) is 5.32 Å². The van der Waals surface area contributed by atoms with Crippen LogP contribution in [0.2, 0.25) is 0 Å². The average Bonchev–Trinajstić information content (AvgIpc) is 2.87. The van der Waals surface area contributed by atoms with E-state index < -0.39 is 6.04 Å². The molecule has 0 fully saturated rings. The highest BCUT2D eigenvalue weighted by atomic mass is 16.2. The first-order chi connectivity index (χ1) is 8.06. The van der Waals surface area contributed by atoms with E-state index in [2.05, 4.69) is 15.5 Å². The van der Waals surface area contributed by atoms with Crippen molar-refractivity contribution in [2.24, 2.45) is 19.8 Å². The Balaban J connectivity index is 2.05. The van der Waals surface area contributed by atoms with Crippen molar-refractivity contribution in [2.45, 2.75) is 6.04 Å². The number of aromatic nitrogens is 4. The number of hydrogen-bond donors (Lipinski definition) is 2. The molecule has 0 bridgehead atoms. The minimum absolute atomic E-state index is 0.309. The molecular weight excluding hydrogens is 220 g/mol. The first-order valence-corrected chi connectivity index (χ1v) is 5.11. The minimum atomic E-state index is -0.745. The number of aryl methyl sites for hydroxylation is 2. The third kappa shape index (κ3) is 2.51. The summed E-state index contributed by atoms with van der Waals surface area (Å²) in [5, 5.41) is 10.6. The fraction of sp³-hybridized carbons (Fsp3) is 0.300. The van der Waals surface area contributed by atoms with E-state index >= 15 is 0 Å². The van der Waals surface area contributed by atoms with E-state index in [0.29, 0.717) is 11.4 Å². The molecule has 90 valence electrons. The molecule has 2 aromatic rings. The Morgan fingerprint density at radius 3 is 2.76 bits per heavy atom. The van der Waals surface area contributed by atoms with Gasteiger partial charge >= 0.3 is 0 Å². The monoisotopic (exact) mass is 234 g/mol. The largest absolute Gasteiger partial charge is 0.316 e. The lowest BCUT2D eigenvalue weighted by atomic mass is 10.1. The predicted molar refractivity (Wildman–Crippen MR) is 62.0 cm³/mol. The number of hydrogen-bond acceptors (Lipinski definition) is 4. The van der Waals surface area contributed by atoms with Gasteiger partial charge in [0.15, 0.2) is 5.82 Å². The zero-order valence-electron chi connectivity index (χ0n) is 9.66. The first kappa shape index (κ1) is 11.3. The normalized spacial score (nSPS) is 12.4. The first-order valence-electron chi connectivity index (χ1n) is 5.11. The van der Waals surface area contributed by atoms with Crippen LogP contribution in [-0.4, -0.2) is 25.5 Å². The van der Waals surface area contributed by atoms with Gasteiger partial charge in [-0.25, -0.2) is 0 Å². The summed E-state index contributed by atoms with van der Waals surface area (Å²) in [6.07, 6.45) is 5.02. The predicted octanol–water partition coefficient (Wildman–Crippen LogP) is -0.208. The number of nitrogens with zero attached hydrogens (tertiary/aromatic N) is 4. The number of carbonyl (C=O) groups is 1. The van der Waals surface area contributed by atoms with Gasteiger partial charge in [0.2, 0.25) is 5.91 Å². The van der Waals surface area contributed by atoms with Crippen LogP contribution in [0.3, 0.4) is 0 Å². The summed E-state index contributed by atoms with van der Waals surface area (Å²) in [5.74, 6) is 0.175. The molecular formula is C10H14N6O. The number of nitrogens with two attached hydrogens (primary N) is 1. The number of carbonyl (C=O) groups excluding carboxylic acids is 1. The van der Waals surface area contributed by atoms with E-state index in [-0.39, 0.29) is 5.91 Å². The second-order valence-electron chi connectivity index (χ2n) is 3.79. The van der Waals surface area contributed by atoms with E-state index in [1.54, 1.807) is 48.1 Å². The van der Waals surface area contributed by atoms with Gasteiger partial charge in [-0.3, -0.25) is 14.2 Å². The van der Waals surface area contributed by atoms with Crippen molar-refractivity contribution in [3.63, 3.8) is 0 Å². The highest BCUT2D eigenvalue weighted by molar-refractivity contribution is 5.94. The van der Waals surface area contributed by atoms with E-state index in [0.717, 1.165) is 0 Å². The van der Waals surface area contributed by atoms with Crippen LogP contribution in [0.4, 0.5) is 5.82 Å². The maximum atomic E-state index is 11.8. The summed E-state index contributed by atoms with van der Waals surface area (Å²) in [7, 11) is 3.55. The lowest BCUT2D eigenvalue weighted by molar-refractivity contribution is -0.117. The Labute approximate surface area is 98.2 Å². The number of nitrogens with one attached hydrogen (secondary N) is 1. The zero-order chi connectivity index (χ0) is 12.4. The van der Waals surface area contributed by atoms with Crippen molar-refractivity contribution >= 4 is 11.7 Å². The molecule has 0 spiro atoms. The quantitative estimate of drug-likeness (QED) is 0.769. The zero-order valence-corrected chi connectivity index (χ0v) is 9.66. The van der Waals surface area contributed by atoms with Gasteiger partial charge in [-0.2, -0.15) is 10.2 Å². The Morgan fingerprint density at radius 2 is 2.24 bits per heavy atom. The second-order valence-corrected chi connectivity index (χ2v) is 3.79. The summed E-state index contributed by atoms with van der Waals surface area (Å²) in [6.45, 7) is 0. The third-order valence-electron chi connectivity index (χ3n) is 2.33. The van der Waals surface area contributed by atoms with Crippen LogP contribution < -0.4 is 11.1 Å². The Hall–Kier alpha value is -2.15. The van der Waals surface area contributed by atoms with Crippen molar-refractivity contribution in [3.05, 3.63) is 30.2 Å². The number of amides is 1. The molecule has 1 unspecified atom stereocenters. The summed E-state index contributed by atoms with van der Waals surface area (Å²) < 4.78 is 3.20. The molecule has 0 aromatic carbocycles. The molecule has 7 nitrogen and oxygen atoms in total. The van der Waals surface area contributed by atoms with Gasteiger partial charge in [-0.1, -0.05) is 0 Å². The SMILES string of the molecule is Cn1cc(C(N)C(=O)Nc2ccn(C)n2)cn1. The fourth-order valence-electron chi connectivity index (χ4n) is 1.44. The van der Waals surface area contributed by atoms with Gasteiger partial charge in [0.05, 0.1) is 6.20 Å². The topological polar surface area (TPSA) is 90.8 Å². The maximum Gasteiger partial charge on any atom is 0.247 e. The van der Waals surface area contributed by atoms with E-state index in [1.807, 2.05) is 0 Å². The fourth-order valence-corrected chi connectivity index (χ4v) is 1.44.